The number of carbonyl (C=O) groups is 2. The summed E-state index contributed by atoms with van der Waals surface area (Å²) < 4.78 is 0. The van der Waals surface area contributed by atoms with E-state index in [9.17, 15) is 9.59 Å². The van der Waals surface area contributed by atoms with E-state index in [-0.39, 0.29) is 23.8 Å². The van der Waals surface area contributed by atoms with Crippen LogP contribution < -0.4 is 5.73 Å². The van der Waals surface area contributed by atoms with Crippen molar-refractivity contribution in [3.05, 3.63) is 0 Å². The second-order valence-corrected chi connectivity index (χ2v) is 7.15. The molecular formula is C17H31N3O2. The molecule has 1 saturated heterocycles. The van der Waals surface area contributed by atoms with Gasteiger partial charge in [0.25, 0.3) is 0 Å². The smallest absolute Gasteiger partial charge is 0.239 e. The van der Waals surface area contributed by atoms with E-state index in [1.54, 1.807) is 0 Å². The number of primary amides is 1. The summed E-state index contributed by atoms with van der Waals surface area (Å²) in [4.78, 5) is 28.1. The fraction of sp³-hybridized carbons (Fsp3) is 0.882. The number of likely N-dealkylation sites (N-methyl/N-ethyl adjacent to an activating group) is 1. The van der Waals surface area contributed by atoms with Crippen molar-refractivity contribution in [2.24, 2.45) is 17.6 Å². The van der Waals surface area contributed by atoms with Crippen LogP contribution in [0.2, 0.25) is 0 Å². The van der Waals surface area contributed by atoms with E-state index in [1.165, 1.54) is 32.1 Å². The van der Waals surface area contributed by atoms with Crippen molar-refractivity contribution in [2.45, 2.75) is 57.9 Å². The molecule has 2 atom stereocenters. The number of hydrogen-bond acceptors (Lipinski definition) is 3. The van der Waals surface area contributed by atoms with Crippen molar-refractivity contribution in [1.29, 1.82) is 0 Å². The van der Waals surface area contributed by atoms with Gasteiger partial charge in [-0.3, -0.25) is 14.5 Å². The maximum atomic E-state index is 12.7. The molecule has 0 unspecified atom stereocenters. The lowest BCUT2D eigenvalue weighted by Crippen LogP contribution is -2.51. The van der Waals surface area contributed by atoms with Gasteiger partial charge in [0.1, 0.15) is 0 Å². The van der Waals surface area contributed by atoms with Gasteiger partial charge in [0.15, 0.2) is 0 Å². The van der Waals surface area contributed by atoms with Gasteiger partial charge in [-0.05, 0) is 45.6 Å². The van der Waals surface area contributed by atoms with Gasteiger partial charge >= 0.3 is 0 Å². The highest BCUT2D eigenvalue weighted by Crippen LogP contribution is 2.25. The summed E-state index contributed by atoms with van der Waals surface area (Å²) in [6.07, 6.45) is 8.28. The van der Waals surface area contributed by atoms with Crippen molar-refractivity contribution in [3.8, 4) is 0 Å². The third-order valence-electron chi connectivity index (χ3n) is 5.42. The van der Waals surface area contributed by atoms with Gasteiger partial charge in [0, 0.05) is 19.6 Å². The van der Waals surface area contributed by atoms with Crippen LogP contribution >= 0.6 is 0 Å². The van der Waals surface area contributed by atoms with Crippen LogP contribution in [0.4, 0.5) is 0 Å². The third kappa shape index (κ3) is 4.45. The number of nitrogens with two attached hydrogens (primary N) is 1. The molecule has 0 aromatic carbocycles. The van der Waals surface area contributed by atoms with Crippen LogP contribution in [-0.4, -0.2) is 54.3 Å². The van der Waals surface area contributed by atoms with Crippen LogP contribution in [0.15, 0.2) is 0 Å². The van der Waals surface area contributed by atoms with Crippen molar-refractivity contribution in [3.63, 3.8) is 0 Å². The topological polar surface area (TPSA) is 66.6 Å². The van der Waals surface area contributed by atoms with Gasteiger partial charge in [-0.25, -0.2) is 0 Å². The molecule has 22 heavy (non-hydrogen) atoms. The lowest BCUT2D eigenvalue weighted by atomic mass is 9.88. The summed E-state index contributed by atoms with van der Waals surface area (Å²) in [7, 11) is 2.05. The molecule has 1 heterocycles. The molecule has 2 amide bonds. The van der Waals surface area contributed by atoms with Crippen LogP contribution in [0.3, 0.4) is 0 Å². The molecule has 1 saturated carbocycles. The summed E-state index contributed by atoms with van der Waals surface area (Å²) in [5.74, 6) is 0.423. The van der Waals surface area contributed by atoms with Crippen LogP contribution in [0.1, 0.15) is 51.9 Å². The second-order valence-electron chi connectivity index (χ2n) is 7.15. The maximum Gasteiger partial charge on any atom is 0.239 e. The number of hydrogen-bond donors (Lipinski definition) is 1. The predicted octanol–water partition coefficient (Wildman–Crippen LogP) is 1.61. The Labute approximate surface area is 134 Å². The molecular weight excluding hydrogens is 278 g/mol. The zero-order valence-corrected chi connectivity index (χ0v) is 14.1. The van der Waals surface area contributed by atoms with E-state index < -0.39 is 0 Å². The average molecular weight is 309 g/mol. The van der Waals surface area contributed by atoms with Crippen LogP contribution in [-0.2, 0) is 9.59 Å². The number of nitrogens with zero attached hydrogens (tertiary/aromatic N) is 2. The quantitative estimate of drug-likeness (QED) is 0.839. The zero-order valence-electron chi connectivity index (χ0n) is 14.1. The molecule has 2 N–H and O–H groups in total. The highest BCUT2D eigenvalue weighted by atomic mass is 16.2. The Kier molecular flexibility index (Phi) is 6.24. The minimum atomic E-state index is -0.277. The molecule has 5 heteroatoms. The van der Waals surface area contributed by atoms with Gasteiger partial charge in [0.05, 0.1) is 12.0 Å². The number of piperidine rings is 1. The largest absolute Gasteiger partial charge is 0.369 e. The van der Waals surface area contributed by atoms with Gasteiger partial charge in [-0.2, -0.15) is 0 Å². The van der Waals surface area contributed by atoms with E-state index in [1.807, 2.05) is 18.9 Å². The standard InChI is InChI=1S/C17H31N3O2/c1-13(19(2)11-14-7-4-3-5-8-14)17(22)20-10-6-9-15(12-20)16(18)21/h13-15H,3-12H2,1-2H3,(H2,18,21)/t13-,15+/m1/s1. The number of amides is 2. The highest BCUT2D eigenvalue weighted by molar-refractivity contribution is 5.83. The summed E-state index contributed by atoms with van der Waals surface area (Å²) in [6, 6.07) is -0.117. The third-order valence-corrected chi connectivity index (χ3v) is 5.42. The predicted molar refractivity (Wildman–Crippen MR) is 87.2 cm³/mol. The molecule has 0 aromatic rings. The van der Waals surface area contributed by atoms with Gasteiger partial charge < -0.3 is 10.6 Å². The SMILES string of the molecule is C[C@H](C(=O)N1CCC[C@H](C(N)=O)C1)N(C)CC1CCCCC1. The Balaban J connectivity index is 1.85. The Morgan fingerprint density at radius 2 is 1.86 bits per heavy atom. The molecule has 5 nitrogen and oxygen atoms in total. The Hall–Kier alpha value is -1.10. The summed E-state index contributed by atoms with van der Waals surface area (Å²) in [5.41, 5.74) is 5.40. The van der Waals surface area contributed by atoms with E-state index >= 15 is 0 Å². The zero-order chi connectivity index (χ0) is 16.1. The molecule has 0 spiro atoms. The van der Waals surface area contributed by atoms with E-state index in [0.717, 1.165) is 31.8 Å². The maximum absolute atomic E-state index is 12.7. The molecule has 1 aliphatic carbocycles. The molecule has 2 aliphatic rings. The fourth-order valence-corrected chi connectivity index (χ4v) is 3.80. The summed E-state index contributed by atoms with van der Waals surface area (Å²) in [6.45, 7) is 4.24. The number of carbonyl (C=O) groups excluding carboxylic acids is 2. The summed E-state index contributed by atoms with van der Waals surface area (Å²) >= 11 is 0. The Morgan fingerprint density at radius 3 is 2.50 bits per heavy atom. The first-order valence-electron chi connectivity index (χ1n) is 8.77. The van der Waals surface area contributed by atoms with Crippen LogP contribution in [0, 0.1) is 11.8 Å². The van der Waals surface area contributed by atoms with Crippen molar-refractivity contribution in [1.82, 2.24) is 9.80 Å². The molecule has 1 aliphatic heterocycles. The number of likely N-dealkylation sites (tertiary alicyclic amines) is 1. The molecule has 0 radical (unpaired) electrons. The first kappa shape index (κ1) is 17.3. The molecule has 0 bridgehead atoms. The normalized spacial score (nSPS) is 25.2. The average Bonchev–Trinajstić information content (AvgIpc) is 2.54. The molecule has 2 rings (SSSR count). The Bertz CT molecular complexity index is 393. The fourth-order valence-electron chi connectivity index (χ4n) is 3.80. The monoisotopic (exact) mass is 309 g/mol. The lowest BCUT2D eigenvalue weighted by Gasteiger charge is -2.36. The molecule has 0 aromatic heterocycles. The van der Waals surface area contributed by atoms with E-state index in [2.05, 4.69) is 4.90 Å². The van der Waals surface area contributed by atoms with Crippen molar-refractivity contribution in [2.75, 3.05) is 26.7 Å². The first-order valence-corrected chi connectivity index (χ1v) is 8.77. The second kappa shape index (κ2) is 7.95. The first-order chi connectivity index (χ1) is 10.5. The lowest BCUT2D eigenvalue weighted by molar-refractivity contribution is -0.139. The van der Waals surface area contributed by atoms with Crippen molar-refractivity contribution < 1.29 is 9.59 Å². The highest BCUT2D eigenvalue weighted by Gasteiger charge is 2.31. The van der Waals surface area contributed by atoms with E-state index in [0.29, 0.717) is 6.54 Å². The van der Waals surface area contributed by atoms with Gasteiger partial charge in [-0.15, -0.1) is 0 Å². The molecule has 126 valence electrons. The Morgan fingerprint density at radius 1 is 1.18 bits per heavy atom. The minimum absolute atomic E-state index is 0.117. The summed E-state index contributed by atoms with van der Waals surface area (Å²) in [5, 5.41) is 0. The van der Waals surface area contributed by atoms with Gasteiger partial charge in [-0.1, -0.05) is 19.3 Å². The van der Waals surface area contributed by atoms with Crippen LogP contribution in [0.5, 0.6) is 0 Å². The van der Waals surface area contributed by atoms with Crippen LogP contribution in [0.25, 0.3) is 0 Å². The minimum Gasteiger partial charge on any atom is -0.369 e. The van der Waals surface area contributed by atoms with E-state index in [4.69, 9.17) is 5.73 Å². The van der Waals surface area contributed by atoms with Crippen molar-refractivity contribution >= 4 is 11.8 Å². The number of rotatable bonds is 5. The molecule has 2 fully saturated rings. The van der Waals surface area contributed by atoms with Gasteiger partial charge in [0.2, 0.25) is 11.8 Å².